The summed E-state index contributed by atoms with van der Waals surface area (Å²) in [6, 6.07) is 3.81. The molecule has 5 nitrogen and oxygen atoms in total. The number of nitrogens with zero attached hydrogens (tertiary/aromatic N) is 4. The highest BCUT2D eigenvalue weighted by molar-refractivity contribution is 5.42. The third-order valence-corrected chi connectivity index (χ3v) is 3.52. The maximum absolute atomic E-state index is 8.88. The molecule has 1 aliphatic carbocycles. The van der Waals surface area contributed by atoms with Crippen LogP contribution in [0.4, 0.5) is 5.82 Å². The minimum Gasteiger partial charge on any atom is -0.371 e. The second kappa shape index (κ2) is 4.54. The van der Waals surface area contributed by atoms with Gasteiger partial charge in [-0.3, -0.25) is 0 Å². The van der Waals surface area contributed by atoms with Gasteiger partial charge in [-0.2, -0.15) is 5.26 Å². The Morgan fingerprint density at radius 3 is 2.94 bits per heavy atom. The molecule has 2 aliphatic rings. The summed E-state index contributed by atoms with van der Waals surface area (Å²) in [4.78, 5) is 10.4. The Hall–Kier alpha value is -1.67. The van der Waals surface area contributed by atoms with Crippen molar-refractivity contribution in [2.45, 2.75) is 32.0 Å². The third-order valence-electron chi connectivity index (χ3n) is 3.52. The molecule has 0 spiro atoms. The summed E-state index contributed by atoms with van der Waals surface area (Å²) >= 11 is 0. The van der Waals surface area contributed by atoms with Crippen molar-refractivity contribution in [1.82, 2.24) is 9.97 Å². The lowest BCUT2D eigenvalue weighted by atomic mass is 10.1. The number of hydrogen-bond acceptors (Lipinski definition) is 5. The molecule has 1 aromatic rings. The monoisotopic (exact) mass is 244 g/mol. The van der Waals surface area contributed by atoms with Crippen LogP contribution in [-0.4, -0.2) is 35.3 Å². The molecule has 1 aliphatic heterocycles. The van der Waals surface area contributed by atoms with Crippen LogP contribution in [0.3, 0.4) is 0 Å². The quantitative estimate of drug-likeness (QED) is 0.786. The van der Waals surface area contributed by atoms with Gasteiger partial charge in [-0.1, -0.05) is 0 Å². The zero-order valence-corrected chi connectivity index (χ0v) is 10.4. The van der Waals surface area contributed by atoms with Crippen molar-refractivity contribution in [1.29, 1.82) is 5.26 Å². The van der Waals surface area contributed by atoms with Gasteiger partial charge in [0.05, 0.1) is 12.2 Å². The van der Waals surface area contributed by atoms with Crippen molar-refractivity contribution in [3.8, 4) is 6.07 Å². The zero-order chi connectivity index (χ0) is 12.5. The van der Waals surface area contributed by atoms with Gasteiger partial charge in [0.15, 0.2) is 0 Å². The Bertz CT molecular complexity index is 480. The van der Waals surface area contributed by atoms with E-state index in [2.05, 4.69) is 27.9 Å². The molecular weight excluding hydrogens is 228 g/mol. The van der Waals surface area contributed by atoms with Gasteiger partial charge in [0.25, 0.3) is 0 Å². The van der Waals surface area contributed by atoms with Crippen LogP contribution in [0.25, 0.3) is 0 Å². The van der Waals surface area contributed by atoms with Gasteiger partial charge < -0.3 is 9.64 Å². The summed E-state index contributed by atoms with van der Waals surface area (Å²) in [7, 11) is 0. The van der Waals surface area contributed by atoms with Gasteiger partial charge in [-0.15, -0.1) is 0 Å². The van der Waals surface area contributed by atoms with E-state index in [0.29, 0.717) is 17.7 Å². The molecule has 0 amide bonds. The van der Waals surface area contributed by atoms with Crippen molar-refractivity contribution in [2.75, 3.05) is 18.0 Å². The maximum atomic E-state index is 8.88. The fourth-order valence-corrected chi connectivity index (χ4v) is 2.48. The molecule has 0 N–H and O–H groups in total. The van der Waals surface area contributed by atoms with E-state index in [9.17, 15) is 0 Å². The van der Waals surface area contributed by atoms with Gasteiger partial charge in [0.1, 0.15) is 23.9 Å². The standard InChI is InChI=1S/C13H16N4O/c1-9-6-17(7-12(18-9)10-2-3-10)13-4-11(5-14)15-8-16-13/h4,8-10,12H,2-3,6-7H2,1H3. The normalized spacial score (nSPS) is 27.9. The molecule has 2 unspecified atom stereocenters. The molecule has 1 aromatic heterocycles. The van der Waals surface area contributed by atoms with Gasteiger partial charge in [0, 0.05) is 19.2 Å². The second-order valence-corrected chi connectivity index (χ2v) is 5.10. The van der Waals surface area contributed by atoms with E-state index in [4.69, 9.17) is 10.00 Å². The zero-order valence-electron chi connectivity index (χ0n) is 10.4. The average Bonchev–Trinajstić information content (AvgIpc) is 3.22. The number of anilines is 1. The Morgan fingerprint density at radius 1 is 1.39 bits per heavy atom. The maximum Gasteiger partial charge on any atom is 0.145 e. The predicted molar refractivity (Wildman–Crippen MR) is 66.0 cm³/mol. The SMILES string of the molecule is CC1CN(c2cc(C#N)ncn2)CC(C2CC2)O1. The highest BCUT2D eigenvalue weighted by atomic mass is 16.5. The average molecular weight is 244 g/mol. The number of rotatable bonds is 2. The smallest absolute Gasteiger partial charge is 0.145 e. The topological polar surface area (TPSA) is 62.0 Å². The largest absolute Gasteiger partial charge is 0.371 e. The highest BCUT2D eigenvalue weighted by Gasteiger charge is 2.37. The van der Waals surface area contributed by atoms with Gasteiger partial charge in [-0.25, -0.2) is 9.97 Å². The predicted octanol–water partition coefficient (Wildman–Crippen LogP) is 1.35. The van der Waals surface area contributed by atoms with Crippen LogP contribution >= 0.6 is 0 Å². The van der Waals surface area contributed by atoms with Crippen molar-refractivity contribution >= 4 is 5.82 Å². The minimum atomic E-state index is 0.213. The van der Waals surface area contributed by atoms with Crippen molar-refractivity contribution in [2.24, 2.45) is 5.92 Å². The molecule has 0 radical (unpaired) electrons. The molecular formula is C13H16N4O. The molecule has 2 fully saturated rings. The van der Waals surface area contributed by atoms with Crippen LogP contribution in [0.5, 0.6) is 0 Å². The van der Waals surface area contributed by atoms with Crippen molar-refractivity contribution < 1.29 is 4.74 Å². The fourth-order valence-electron chi connectivity index (χ4n) is 2.48. The van der Waals surface area contributed by atoms with Crippen LogP contribution < -0.4 is 4.90 Å². The Balaban J connectivity index is 1.79. The minimum absolute atomic E-state index is 0.213. The van der Waals surface area contributed by atoms with Gasteiger partial charge in [0.2, 0.25) is 0 Å². The number of aromatic nitrogens is 2. The molecule has 5 heteroatoms. The van der Waals surface area contributed by atoms with Crippen LogP contribution in [0.1, 0.15) is 25.5 Å². The summed E-state index contributed by atoms with van der Waals surface area (Å²) in [5.74, 6) is 1.55. The van der Waals surface area contributed by atoms with Crippen molar-refractivity contribution in [3.05, 3.63) is 18.1 Å². The Morgan fingerprint density at radius 2 is 2.22 bits per heavy atom. The van der Waals surface area contributed by atoms with E-state index in [1.165, 1.54) is 19.2 Å². The van der Waals surface area contributed by atoms with Gasteiger partial charge >= 0.3 is 0 Å². The molecule has 1 saturated heterocycles. The van der Waals surface area contributed by atoms with Crippen LogP contribution in [0.15, 0.2) is 12.4 Å². The lowest BCUT2D eigenvalue weighted by molar-refractivity contribution is -0.0273. The van der Waals surface area contributed by atoms with Crippen LogP contribution in [0, 0.1) is 17.2 Å². The number of morpholine rings is 1. The summed E-state index contributed by atoms with van der Waals surface area (Å²) in [6.07, 6.45) is 4.54. The fraction of sp³-hybridized carbons (Fsp3) is 0.615. The van der Waals surface area contributed by atoms with Gasteiger partial charge in [-0.05, 0) is 25.7 Å². The molecule has 3 rings (SSSR count). The number of nitriles is 1. The molecule has 0 bridgehead atoms. The molecule has 18 heavy (non-hydrogen) atoms. The van der Waals surface area contributed by atoms with E-state index in [0.717, 1.165) is 18.9 Å². The first-order valence-corrected chi connectivity index (χ1v) is 6.39. The van der Waals surface area contributed by atoms with E-state index in [1.807, 2.05) is 0 Å². The Labute approximate surface area is 106 Å². The number of hydrogen-bond donors (Lipinski definition) is 0. The molecule has 94 valence electrons. The first kappa shape index (κ1) is 11.4. The molecule has 1 saturated carbocycles. The van der Waals surface area contributed by atoms with Crippen LogP contribution in [-0.2, 0) is 4.74 Å². The summed E-state index contributed by atoms with van der Waals surface area (Å²) in [5.41, 5.74) is 0.419. The summed E-state index contributed by atoms with van der Waals surface area (Å²) < 4.78 is 5.97. The first-order valence-electron chi connectivity index (χ1n) is 6.39. The molecule has 2 atom stereocenters. The third kappa shape index (κ3) is 2.29. The van der Waals surface area contributed by atoms with Crippen LogP contribution in [0.2, 0.25) is 0 Å². The number of ether oxygens (including phenoxy) is 1. The summed E-state index contributed by atoms with van der Waals surface area (Å²) in [6.45, 7) is 3.79. The van der Waals surface area contributed by atoms with E-state index in [-0.39, 0.29) is 6.10 Å². The lowest BCUT2D eigenvalue weighted by Crippen LogP contribution is -2.47. The molecule has 2 heterocycles. The summed E-state index contributed by atoms with van der Waals surface area (Å²) in [5, 5.41) is 8.88. The lowest BCUT2D eigenvalue weighted by Gasteiger charge is -2.37. The first-order chi connectivity index (χ1) is 8.76. The van der Waals surface area contributed by atoms with E-state index in [1.54, 1.807) is 6.07 Å². The Kier molecular flexibility index (Phi) is 2.88. The highest BCUT2D eigenvalue weighted by Crippen LogP contribution is 2.37. The van der Waals surface area contributed by atoms with E-state index >= 15 is 0 Å². The van der Waals surface area contributed by atoms with E-state index < -0.39 is 0 Å². The second-order valence-electron chi connectivity index (χ2n) is 5.10. The van der Waals surface area contributed by atoms with Crippen molar-refractivity contribution in [3.63, 3.8) is 0 Å². The molecule has 0 aromatic carbocycles.